The highest BCUT2D eigenvalue weighted by Gasteiger charge is 2.20. The predicted molar refractivity (Wildman–Crippen MR) is 107 cm³/mol. The topological polar surface area (TPSA) is 64.6 Å². The lowest BCUT2D eigenvalue weighted by Gasteiger charge is -2.18. The van der Waals surface area contributed by atoms with Crippen molar-refractivity contribution in [1.29, 1.82) is 0 Å². The molecule has 0 unspecified atom stereocenters. The van der Waals surface area contributed by atoms with Crippen molar-refractivity contribution in [2.24, 2.45) is 0 Å². The van der Waals surface area contributed by atoms with Gasteiger partial charge in [-0.15, -0.1) is 0 Å². The van der Waals surface area contributed by atoms with Crippen molar-refractivity contribution in [2.45, 2.75) is 33.3 Å². The Bertz CT molecular complexity index is 839. The van der Waals surface area contributed by atoms with Crippen molar-refractivity contribution in [2.75, 3.05) is 11.9 Å². The molecule has 0 saturated heterocycles. The maximum absolute atomic E-state index is 12.5. The Morgan fingerprint density at radius 1 is 1.07 bits per heavy atom. The van der Waals surface area contributed by atoms with Crippen LogP contribution in [0.3, 0.4) is 0 Å². The number of anilines is 1. The number of benzene rings is 2. The van der Waals surface area contributed by atoms with Crippen LogP contribution in [0.15, 0.2) is 36.4 Å². The lowest BCUT2D eigenvalue weighted by molar-refractivity contribution is -0.122. The first-order chi connectivity index (χ1) is 12.8. The fourth-order valence-corrected chi connectivity index (χ4v) is 2.74. The third-order valence-electron chi connectivity index (χ3n) is 3.80. The second-order valence-electron chi connectivity index (χ2n) is 5.83. The van der Waals surface area contributed by atoms with E-state index in [0.717, 1.165) is 5.56 Å². The number of hydrogen-bond acceptors (Lipinski definition) is 4. The van der Waals surface area contributed by atoms with Crippen LogP contribution in [-0.2, 0) is 9.53 Å². The largest absolute Gasteiger partial charge is 0.481 e. The summed E-state index contributed by atoms with van der Waals surface area (Å²) in [5.41, 5.74) is 1.58. The van der Waals surface area contributed by atoms with E-state index in [9.17, 15) is 9.59 Å². The van der Waals surface area contributed by atoms with Crippen molar-refractivity contribution in [3.05, 3.63) is 57.6 Å². The standard InChI is InChI=1S/C20H21Cl2NO4/c1-4-18(27-14-7-9-16(21)12(3)10-14)19(24)23-13-6-8-15(17(22)11-13)20(25)26-5-2/h6-11,18H,4-5H2,1-3H3,(H,23,24)/t18-/m1/s1. The molecule has 1 N–H and O–H groups in total. The minimum absolute atomic E-state index is 0.202. The maximum atomic E-state index is 12.5. The first kappa shape index (κ1) is 21.1. The van der Waals surface area contributed by atoms with Gasteiger partial charge in [0.15, 0.2) is 6.10 Å². The number of esters is 1. The van der Waals surface area contributed by atoms with E-state index in [1.165, 1.54) is 12.1 Å². The molecule has 2 aromatic rings. The van der Waals surface area contributed by atoms with Crippen LogP contribution in [0, 0.1) is 6.92 Å². The number of nitrogens with one attached hydrogen (secondary N) is 1. The van der Waals surface area contributed by atoms with E-state index in [0.29, 0.717) is 22.9 Å². The molecule has 0 aromatic heterocycles. The number of carbonyl (C=O) groups excluding carboxylic acids is 2. The number of rotatable bonds is 7. The monoisotopic (exact) mass is 409 g/mol. The summed E-state index contributed by atoms with van der Waals surface area (Å²) >= 11 is 12.1. The minimum atomic E-state index is -0.686. The summed E-state index contributed by atoms with van der Waals surface area (Å²) in [7, 11) is 0. The summed E-state index contributed by atoms with van der Waals surface area (Å²) in [4.78, 5) is 24.3. The molecular weight excluding hydrogens is 389 g/mol. The minimum Gasteiger partial charge on any atom is -0.481 e. The molecule has 0 aliphatic rings. The van der Waals surface area contributed by atoms with E-state index in [1.54, 1.807) is 31.2 Å². The third kappa shape index (κ3) is 5.62. The Labute approximate surface area is 168 Å². The van der Waals surface area contributed by atoms with Crippen LogP contribution in [-0.4, -0.2) is 24.6 Å². The van der Waals surface area contributed by atoms with Gasteiger partial charge in [-0.05, 0) is 62.2 Å². The van der Waals surface area contributed by atoms with Gasteiger partial charge in [0.2, 0.25) is 0 Å². The SMILES string of the molecule is CCOC(=O)c1ccc(NC(=O)[C@@H](CC)Oc2ccc(Cl)c(C)c2)cc1Cl. The zero-order valence-electron chi connectivity index (χ0n) is 15.3. The Kier molecular flexibility index (Phi) is 7.51. The number of carbonyl (C=O) groups is 2. The summed E-state index contributed by atoms with van der Waals surface area (Å²) in [6.07, 6.45) is -0.212. The van der Waals surface area contributed by atoms with Gasteiger partial charge in [0, 0.05) is 10.7 Å². The lowest BCUT2D eigenvalue weighted by atomic mass is 10.2. The molecule has 27 heavy (non-hydrogen) atoms. The van der Waals surface area contributed by atoms with E-state index in [2.05, 4.69) is 5.32 Å². The summed E-state index contributed by atoms with van der Waals surface area (Å²) < 4.78 is 10.7. The molecule has 1 amide bonds. The normalized spacial score (nSPS) is 11.6. The van der Waals surface area contributed by atoms with Gasteiger partial charge in [0.25, 0.3) is 5.91 Å². The van der Waals surface area contributed by atoms with Gasteiger partial charge < -0.3 is 14.8 Å². The molecule has 7 heteroatoms. The molecule has 0 heterocycles. The Hall–Kier alpha value is -2.24. The van der Waals surface area contributed by atoms with E-state index in [1.807, 2.05) is 13.8 Å². The fourth-order valence-electron chi connectivity index (χ4n) is 2.37. The van der Waals surface area contributed by atoms with Crippen molar-refractivity contribution in [3.63, 3.8) is 0 Å². The van der Waals surface area contributed by atoms with Crippen molar-refractivity contribution in [1.82, 2.24) is 0 Å². The summed E-state index contributed by atoms with van der Waals surface area (Å²) in [6.45, 7) is 5.69. The number of amides is 1. The molecule has 2 aromatic carbocycles. The quantitative estimate of drug-likeness (QED) is 0.632. The first-order valence-corrected chi connectivity index (χ1v) is 9.31. The Balaban J connectivity index is 2.08. The van der Waals surface area contributed by atoms with Gasteiger partial charge in [-0.1, -0.05) is 30.1 Å². The molecule has 0 spiro atoms. The molecule has 0 bridgehead atoms. The van der Waals surface area contributed by atoms with Crippen LogP contribution in [0.2, 0.25) is 10.0 Å². The van der Waals surface area contributed by atoms with Crippen LogP contribution >= 0.6 is 23.2 Å². The average Bonchev–Trinajstić information content (AvgIpc) is 2.62. The van der Waals surface area contributed by atoms with Gasteiger partial charge >= 0.3 is 5.97 Å². The molecule has 0 radical (unpaired) electrons. The van der Waals surface area contributed by atoms with Crippen LogP contribution in [0.1, 0.15) is 36.2 Å². The summed E-state index contributed by atoms with van der Waals surface area (Å²) in [5.74, 6) is -0.257. The molecular formula is C20H21Cl2NO4. The van der Waals surface area contributed by atoms with Crippen LogP contribution in [0.4, 0.5) is 5.69 Å². The fraction of sp³-hybridized carbons (Fsp3) is 0.300. The molecule has 0 saturated carbocycles. The van der Waals surface area contributed by atoms with E-state index in [-0.39, 0.29) is 23.1 Å². The van der Waals surface area contributed by atoms with E-state index in [4.69, 9.17) is 32.7 Å². The highest BCUT2D eigenvalue weighted by Crippen LogP contribution is 2.24. The van der Waals surface area contributed by atoms with Crippen LogP contribution in [0.5, 0.6) is 5.75 Å². The Morgan fingerprint density at radius 3 is 2.41 bits per heavy atom. The van der Waals surface area contributed by atoms with Gasteiger partial charge in [-0.25, -0.2) is 4.79 Å². The summed E-state index contributed by atoms with van der Waals surface area (Å²) in [6, 6.07) is 9.84. The number of aryl methyl sites for hydroxylation is 1. The highest BCUT2D eigenvalue weighted by atomic mass is 35.5. The zero-order valence-corrected chi connectivity index (χ0v) is 16.9. The van der Waals surface area contributed by atoms with Gasteiger partial charge in [0.05, 0.1) is 17.2 Å². The van der Waals surface area contributed by atoms with Gasteiger partial charge in [-0.2, -0.15) is 0 Å². The molecule has 5 nitrogen and oxygen atoms in total. The van der Waals surface area contributed by atoms with Gasteiger partial charge in [-0.3, -0.25) is 4.79 Å². The third-order valence-corrected chi connectivity index (χ3v) is 4.54. The molecule has 1 atom stereocenters. The first-order valence-electron chi connectivity index (χ1n) is 8.56. The second kappa shape index (κ2) is 9.62. The molecule has 144 valence electrons. The molecule has 0 aliphatic carbocycles. The van der Waals surface area contributed by atoms with Crippen molar-refractivity contribution < 1.29 is 19.1 Å². The smallest absolute Gasteiger partial charge is 0.339 e. The average molecular weight is 410 g/mol. The summed E-state index contributed by atoms with van der Waals surface area (Å²) in [5, 5.41) is 3.59. The number of halogens is 2. The van der Waals surface area contributed by atoms with E-state index < -0.39 is 12.1 Å². The molecule has 2 rings (SSSR count). The van der Waals surface area contributed by atoms with Crippen molar-refractivity contribution in [3.8, 4) is 5.75 Å². The van der Waals surface area contributed by atoms with Crippen LogP contribution < -0.4 is 10.1 Å². The van der Waals surface area contributed by atoms with Gasteiger partial charge in [0.1, 0.15) is 5.75 Å². The van der Waals surface area contributed by atoms with Crippen LogP contribution in [0.25, 0.3) is 0 Å². The molecule has 0 fully saturated rings. The van der Waals surface area contributed by atoms with Crippen molar-refractivity contribution >= 4 is 40.8 Å². The van der Waals surface area contributed by atoms with E-state index >= 15 is 0 Å². The highest BCUT2D eigenvalue weighted by molar-refractivity contribution is 6.34. The predicted octanol–water partition coefficient (Wildman–Crippen LogP) is 5.27. The Morgan fingerprint density at radius 2 is 1.81 bits per heavy atom. The second-order valence-corrected chi connectivity index (χ2v) is 6.64. The number of hydrogen-bond donors (Lipinski definition) is 1. The zero-order chi connectivity index (χ0) is 20.0. The number of ether oxygens (including phenoxy) is 2. The maximum Gasteiger partial charge on any atom is 0.339 e. The lowest BCUT2D eigenvalue weighted by Crippen LogP contribution is -2.32. The molecule has 0 aliphatic heterocycles.